The molecule has 0 aliphatic carbocycles. The Kier molecular flexibility index (Phi) is 10.4. The molecule has 168 valence electrons. The lowest BCUT2D eigenvalue weighted by Gasteiger charge is -2.39. The van der Waals surface area contributed by atoms with E-state index in [1.54, 1.807) is 0 Å². The quantitative estimate of drug-likeness (QED) is 0.619. The fraction of sp³-hybridized carbons (Fsp3) is 1.00. The average molecular weight is 400 g/mol. The van der Waals surface area contributed by atoms with Crippen LogP contribution in [0.25, 0.3) is 0 Å². The highest BCUT2D eigenvalue weighted by Gasteiger charge is 2.25. The summed E-state index contributed by atoms with van der Waals surface area (Å²) in [7, 11) is 0. The molecule has 0 bridgehead atoms. The van der Waals surface area contributed by atoms with Crippen LogP contribution in [-0.4, -0.2) is 97.0 Å². The van der Waals surface area contributed by atoms with Gasteiger partial charge in [-0.25, -0.2) is 0 Å². The lowest BCUT2D eigenvalue weighted by atomic mass is 10.0. The van der Waals surface area contributed by atoms with Crippen molar-refractivity contribution in [3.8, 4) is 0 Å². The predicted octanol–water partition coefficient (Wildman–Crippen LogP) is 3.72. The third kappa shape index (κ3) is 10.0. The summed E-state index contributed by atoms with van der Waals surface area (Å²) in [5, 5.41) is 0. The van der Waals surface area contributed by atoms with Crippen molar-refractivity contribution in [2.45, 2.75) is 85.4 Å². The van der Waals surface area contributed by atoms with Crippen LogP contribution in [0.1, 0.15) is 68.7 Å². The molecule has 0 saturated carbocycles. The molecule has 1 rings (SSSR count). The number of nitrogens with zero attached hydrogens (tertiary/aromatic N) is 3. The minimum absolute atomic E-state index is 0.132. The fourth-order valence-electron chi connectivity index (χ4n) is 3.70. The first-order valence-corrected chi connectivity index (χ1v) is 11.2. The molecule has 0 aromatic heterocycles. The fourth-order valence-corrected chi connectivity index (χ4v) is 3.70. The Morgan fingerprint density at radius 2 is 0.679 bits per heavy atom. The smallest absolute Gasteiger partial charge is 0.0594 e. The molecule has 5 nitrogen and oxygen atoms in total. The molecule has 1 aliphatic rings. The molecule has 1 saturated heterocycles. The molecule has 1 fully saturated rings. The van der Waals surface area contributed by atoms with Crippen LogP contribution >= 0.6 is 0 Å². The Morgan fingerprint density at radius 1 is 0.429 bits per heavy atom. The number of hydrogen-bond donors (Lipinski definition) is 0. The molecule has 1 heterocycles. The SMILES string of the molecule is CC(C)(C)N1CCCN(C(C)(C)C)CCOCCN(C(C)(C)C)CCOCC1. The van der Waals surface area contributed by atoms with Crippen LogP contribution in [0.15, 0.2) is 0 Å². The summed E-state index contributed by atoms with van der Waals surface area (Å²) in [6.45, 7) is 29.9. The van der Waals surface area contributed by atoms with Gasteiger partial charge in [-0.3, -0.25) is 14.7 Å². The van der Waals surface area contributed by atoms with E-state index in [2.05, 4.69) is 77.0 Å². The van der Waals surface area contributed by atoms with Gasteiger partial charge in [-0.15, -0.1) is 0 Å². The van der Waals surface area contributed by atoms with Crippen LogP contribution < -0.4 is 0 Å². The maximum absolute atomic E-state index is 6.03. The standard InChI is InChI=1S/C23H49N3O2/c1-21(2,3)24-11-10-12-25(22(4,5)6)14-18-28-20-16-26(23(7,8)9)15-19-27-17-13-24/h10-20H2,1-9H3. The van der Waals surface area contributed by atoms with Crippen molar-refractivity contribution in [1.82, 2.24) is 14.7 Å². The van der Waals surface area contributed by atoms with E-state index >= 15 is 0 Å². The molecule has 0 radical (unpaired) electrons. The molecule has 0 amide bonds. The van der Waals surface area contributed by atoms with E-state index in [0.29, 0.717) is 0 Å². The van der Waals surface area contributed by atoms with Gasteiger partial charge in [-0.1, -0.05) is 0 Å². The lowest BCUT2D eigenvalue weighted by molar-refractivity contribution is 0.00859. The van der Waals surface area contributed by atoms with E-state index < -0.39 is 0 Å². The van der Waals surface area contributed by atoms with Gasteiger partial charge < -0.3 is 9.47 Å². The lowest BCUT2D eigenvalue weighted by Crippen LogP contribution is -2.48. The molecule has 0 N–H and O–H groups in total. The minimum atomic E-state index is 0.132. The molecule has 28 heavy (non-hydrogen) atoms. The third-order valence-corrected chi connectivity index (χ3v) is 5.72. The normalized spacial score (nSPS) is 23.0. The summed E-state index contributed by atoms with van der Waals surface area (Å²) < 4.78 is 12.1. The van der Waals surface area contributed by atoms with E-state index in [9.17, 15) is 0 Å². The van der Waals surface area contributed by atoms with E-state index in [1.165, 1.54) is 6.42 Å². The van der Waals surface area contributed by atoms with Gasteiger partial charge in [-0.05, 0) is 81.8 Å². The van der Waals surface area contributed by atoms with Gasteiger partial charge in [0.1, 0.15) is 0 Å². The zero-order valence-corrected chi connectivity index (χ0v) is 20.4. The Hall–Kier alpha value is -0.200. The number of hydrogen-bond acceptors (Lipinski definition) is 5. The van der Waals surface area contributed by atoms with E-state index in [1.807, 2.05) is 0 Å². The average Bonchev–Trinajstić information content (AvgIpc) is 2.51. The molecule has 1 aliphatic heterocycles. The van der Waals surface area contributed by atoms with Crippen LogP contribution in [0.5, 0.6) is 0 Å². The number of rotatable bonds is 0. The topological polar surface area (TPSA) is 28.2 Å². The van der Waals surface area contributed by atoms with Crippen LogP contribution in [-0.2, 0) is 9.47 Å². The van der Waals surface area contributed by atoms with Crippen molar-refractivity contribution >= 4 is 0 Å². The molecular weight excluding hydrogens is 350 g/mol. The van der Waals surface area contributed by atoms with Gasteiger partial charge in [0.2, 0.25) is 0 Å². The predicted molar refractivity (Wildman–Crippen MR) is 120 cm³/mol. The summed E-state index contributed by atoms with van der Waals surface area (Å²) in [5.74, 6) is 0. The monoisotopic (exact) mass is 399 g/mol. The second kappa shape index (κ2) is 11.3. The molecular formula is C23H49N3O2. The van der Waals surface area contributed by atoms with Crippen molar-refractivity contribution in [3.05, 3.63) is 0 Å². The Balaban J connectivity index is 2.78. The van der Waals surface area contributed by atoms with Gasteiger partial charge in [0.25, 0.3) is 0 Å². The first-order valence-electron chi connectivity index (χ1n) is 11.2. The van der Waals surface area contributed by atoms with Crippen LogP contribution in [0.4, 0.5) is 0 Å². The van der Waals surface area contributed by atoms with Gasteiger partial charge in [0.05, 0.1) is 26.4 Å². The van der Waals surface area contributed by atoms with Crippen molar-refractivity contribution in [2.24, 2.45) is 0 Å². The van der Waals surface area contributed by atoms with Gasteiger partial charge in [-0.2, -0.15) is 0 Å². The third-order valence-electron chi connectivity index (χ3n) is 5.72. The molecule has 0 aromatic carbocycles. The molecule has 0 unspecified atom stereocenters. The molecule has 0 atom stereocenters. The second-order valence-electron chi connectivity index (χ2n) is 11.1. The van der Waals surface area contributed by atoms with Crippen LogP contribution in [0.3, 0.4) is 0 Å². The van der Waals surface area contributed by atoms with Crippen LogP contribution in [0.2, 0.25) is 0 Å². The largest absolute Gasteiger partial charge is 0.379 e. The molecule has 0 aromatic rings. The van der Waals surface area contributed by atoms with Gasteiger partial charge in [0.15, 0.2) is 0 Å². The van der Waals surface area contributed by atoms with E-state index in [0.717, 1.165) is 65.7 Å². The highest BCUT2D eigenvalue weighted by molar-refractivity contribution is 4.80. The Morgan fingerprint density at radius 3 is 0.929 bits per heavy atom. The van der Waals surface area contributed by atoms with E-state index in [4.69, 9.17) is 9.47 Å². The zero-order valence-electron chi connectivity index (χ0n) is 20.4. The van der Waals surface area contributed by atoms with Crippen molar-refractivity contribution in [2.75, 3.05) is 65.7 Å². The summed E-state index contributed by atoms with van der Waals surface area (Å²) >= 11 is 0. The molecule has 0 spiro atoms. The van der Waals surface area contributed by atoms with Gasteiger partial charge >= 0.3 is 0 Å². The summed E-state index contributed by atoms with van der Waals surface area (Å²) in [6, 6.07) is 0. The zero-order chi connectivity index (χ0) is 21.4. The molecule has 5 heteroatoms. The Bertz CT molecular complexity index is 389. The van der Waals surface area contributed by atoms with Crippen molar-refractivity contribution < 1.29 is 9.47 Å². The number of ether oxygens (including phenoxy) is 2. The van der Waals surface area contributed by atoms with Crippen molar-refractivity contribution in [3.63, 3.8) is 0 Å². The maximum atomic E-state index is 6.03. The first-order chi connectivity index (χ1) is 12.8. The van der Waals surface area contributed by atoms with Crippen molar-refractivity contribution in [1.29, 1.82) is 0 Å². The van der Waals surface area contributed by atoms with Crippen LogP contribution in [0, 0.1) is 0 Å². The summed E-state index contributed by atoms with van der Waals surface area (Å²) in [5.41, 5.74) is 0.469. The first kappa shape index (κ1) is 25.8. The second-order valence-corrected chi connectivity index (χ2v) is 11.1. The summed E-state index contributed by atoms with van der Waals surface area (Å²) in [4.78, 5) is 7.61. The Labute approximate surface area is 175 Å². The maximum Gasteiger partial charge on any atom is 0.0594 e. The highest BCUT2D eigenvalue weighted by atomic mass is 16.5. The van der Waals surface area contributed by atoms with Gasteiger partial charge in [0, 0.05) is 42.8 Å². The highest BCUT2D eigenvalue weighted by Crippen LogP contribution is 2.17. The van der Waals surface area contributed by atoms with E-state index in [-0.39, 0.29) is 16.6 Å². The summed E-state index contributed by atoms with van der Waals surface area (Å²) in [6.07, 6.45) is 1.17. The minimum Gasteiger partial charge on any atom is -0.379 e.